The summed E-state index contributed by atoms with van der Waals surface area (Å²) in [5.74, 6) is -0.447. The molecule has 1 amide bonds. The summed E-state index contributed by atoms with van der Waals surface area (Å²) >= 11 is 1.31. The molecular formula is C20H18N4O2S. The van der Waals surface area contributed by atoms with Crippen LogP contribution in [-0.2, 0) is 0 Å². The van der Waals surface area contributed by atoms with Crippen LogP contribution in [0.1, 0.15) is 29.9 Å². The Labute approximate surface area is 161 Å². The van der Waals surface area contributed by atoms with Gasteiger partial charge in [0, 0.05) is 17.1 Å². The van der Waals surface area contributed by atoms with Gasteiger partial charge in [-0.1, -0.05) is 53.7 Å². The molecule has 0 spiro atoms. The van der Waals surface area contributed by atoms with Crippen LogP contribution in [0.3, 0.4) is 0 Å². The SMILES string of the molecule is CCC1N(C(=O)c2ccccc2)c2ccccc2-c2c([O-])nc(SC)n[n+]21. The minimum Gasteiger partial charge on any atom is -0.854 e. The van der Waals surface area contributed by atoms with Gasteiger partial charge < -0.3 is 5.11 Å². The number of nitrogens with zero attached hydrogens (tertiary/aromatic N) is 4. The molecule has 1 unspecified atom stereocenters. The minimum absolute atomic E-state index is 0.121. The third-order valence-electron chi connectivity index (χ3n) is 4.61. The number of amides is 1. The van der Waals surface area contributed by atoms with Crippen molar-refractivity contribution in [2.45, 2.75) is 24.7 Å². The maximum atomic E-state index is 13.4. The van der Waals surface area contributed by atoms with Gasteiger partial charge in [-0.2, -0.15) is 0 Å². The van der Waals surface area contributed by atoms with Gasteiger partial charge in [0.25, 0.3) is 22.9 Å². The number of anilines is 1. The number of aromatic nitrogens is 3. The van der Waals surface area contributed by atoms with Crippen LogP contribution >= 0.6 is 11.8 Å². The van der Waals surface area contributed by atoms with Crippen molar-refractivity contribution in [1.29, 1.82) is 0 Å². The lowest BCUT2D eigenvalue weighted by Crippen LogP contribution is -2.58. The fraction of sp³-hybridized carbons (Fsp3) is 0.200. The Morgan fingerprint density at radius 3 is 2.59 bits per heavy atom. The molecule has 2 aromatic carbocycles. The van der Waals surface area contributed by atoms with Crippen molar-refractivity contribution in [3.63, 3.8) is 0 Å². The highest BCUT2D eigenvalue weighted by atomic mass is 32.2. The Kier molecular flexibility index (Phi) is 4.53. The van der Waals surface area contributed by atoms with E-state index in [1.54, 1.807) is 21.7 Å². The number of hydrogen-bond acceptors (Lipinski definition) is 5. The second-order valence-electron chi connectivity index (χ2n) is 6.14. The van der Waals surface area contributed by atoms with Gasteiger partial charge >= 0.3 is 0 Å². The third kappa shape index (κ3) is 2.84. The van der Waals surface area contributed by atoms with Crippen LogP contribution in [-0.4, -0.2) is 22.2 Å². The van der Waals surface area contributed by atoms with Gasteiger partial charge in [-0.3, -0.25) is 4.79 Å². The zero-order valence-electron chi connectivity index (χ0n) is 15.0. The molecule has 0 saturated carbocycles. The third-order valence-corrected chi connectivity index (χ3v) is 5.15. The first-order valence-electron chi connectivity index (χ1n) is 8.68. The number of carbonyl (C=O) groups is 1. The number of thioether (sulfide) groups is 1. The average molecular weight is 378 g/mol. The molecule has 0 saturated heterocycles. The highest BCUT2D eigenvalue weighted by molar-refractivity contribution is 7.98. The lowest BCUT2D eigenvalue weighted by Gasteiger charge is -2.33. The highest BCUT2D eigenvalue weighted by Gasteiger charge is 2.42. The molecule has 0 aliphatic carbocycles. The van der Waals surface area contributed by atoms with E-state index in [0.717, 1.165) is 0 Å². The molecule has 2 heterocycles. The number of rotatable bonds is 3. The van der Waals surface area contributed by atoms with E-state index < -0.39 is 6.17 Å². The maximum absolute atomic E-state index is 13.4. The van der Waals surface area contributed by atoms with Crippen molar-refractivity contribution in [2.24, 2.45) is 0 Å². The first-order chi connectivity index (χ1) is 13.2. The quantitative estimate of drug-likeness (QED) is 0.518. The van der Waals surface area contributed by atoms with Crippen molar-refractivity contribution >= 4 is 23.4 Å². The molecule has 27 heavy (non-hydrogen) atoms. The Hall–Kier alpha value is -2.93. The molecule has 6 nitrogen and oxygen atoms in total. The van der Waals surface area contributed by atoms with Crippen LogP contribution < -0.4 is 14.7 Å². The Balaban J connectivity index is 1.96. The number of benzene rings is 2. The molecule has 136 valence electrons. The molecule has 7 heteroatoms. The molecule has 1 aliphatic rings. The van der Waals surface area contributed by atoms with Crippen LogP contribution in [0, 0.1) is 0 Å². The molecule has 0 fully saturated rings. The first-order valence-corrected chi connectivity index (χ1v) is 9.91. The topological polar surface area (TPSA) is 73.0 Å². The van der Waals surface area contributed by atoms with Gasteiger partial charge in [0.1, 0.15) is 0 Å². The van der Waals surface area contributed by atoms with Gasteiger partial charge in [-0.05, 0) is 30.5 Å². The summed E-state index contributed by atoms with van der Waals surface area (Å²) in [6, 6.07) is 16.6. The van der Waals surface area contributed by atoms with E-state index in [9.17, 15) is 9.90 Å². The highest BCUT2D eigenvalue weighted by Crippen LogP contribution is 2.40. The van der Waals surface area contributed by atoms with E-state index in [1.807, 2.05) is 55.6 Å². The van der Waals surface area contributed by atoms with Crippen LogP contribution in [0.25, 0.3) is 11.3 Å². The van der Waals surface area contributed by atoms with E-state index in [1.165, 1.54) is 11.8 Å². The molecule has 0 N–H and O–H groups in total. The Bertz CT molecular complexity index is 1010. The zero-order chi connectivity index (χ0) is 19.0. The number of para-hydroxylation sites is 1. The summed E-state index contributed by atoms with van der Waals surface area (Å²) in [7, 11) is 0. The summed E-state index contributed by atoms with van der Waals surface area (Å²) in [6.07, 6.45) is 2.03. The van der Waals surface area contributed by atoms with Crippen LogP contribution in [0.15, 0.2) is 59.8 Å². The Morgan fingerprint density at radius 1 is 1.19 bits per heavy atom. The molecule has 1 atom stereocenters. The van der Waals surface area contributed by atoms with E-state index in [4.69, 9.17) is 0 Å². The average Bonchev–Trinajstić information content (AvgIpc) is 2.72. The van der Waals surface area contributed by atoms with Crippen molar-refractivity contribution in [1.82, 2.24) is 10.1 Å². The van der Waals surface area contributed by atoms with Crippen LogP contribution in [0.2, 0.25) is 0 Å². The van der Waals surface area contributed by atoms with Crippen LogP contribution in [0.5, 0.6) is 5.88 Å². The zero-order valence-corrected chi connectivity index (χ0v) is 15.8. The minimum atomic E-state index is -0.399. The van der Waals surface area contributed by atoms with Crippen LogP contribution in [0.4, 0.5) is 5.69 Å². The normalized spacial score (nSPS) is 15.2. The van der Waals surface area contributed by atoms with Gasteiger partial charge in [0.05, 0.1) is 17.1 Å². The monoisotopic (exact) mass is 378 g/mol. The molecule has 4 rings (SSSR count). The molecule has 0 bridgehead atoms. The maximum Gasteiger partial charge on any atom is 0.266 e. The number of hydrogen-bond donors (Lipinski definition) is 0. The van der Waals surface area contributed by atoms with Crippen molar-refractivity contribution < 1.29 is 14.6 Å². The summed E-state index contributed by atoms with van der Waals surface area (Å²) in [5, 5.41) is 17.7. The number of carbonyl (C=O) groups excluding carboxylic acids is 1. The van der Waals surface area contributed by atoms with Gasteiger partial charge in [0.15, 0.2) is 0 Å². The summed E-state index contributed by atoms with van der Waals surface area (Å²) in [6.45, 7) is 1.98. The summed E-state index contributed by atoms with van der Waals surface area (Å²) < 4.78 is 1.66. The predicted molar refractivity (Wildman–Crippen MR) is 101 cm³/mol. The van der Waals surface area contributed by atoms with E-state index >= 15 is 0 Å². The van der Waals surface area contributed by atoms with Gasteiger partial charge in [-0.15, -0.1) is 0 Å². The largest absolute Gasteiger partial charge is 0.854 e. The van der Waals surface area contributed by atoms with E-state index in [0.29, 0.717) is 34.1 Å². The van der Waals surface area contributed by atoms with E-state index in [2.05, 4.69) is 10.1 Å². The lowest BCUT2D eigenvalue weighted by molar-refractivity contribution is -0.772. The second kappa shape index (κ2) is 7.00. The Morgan fingerprint density at radius 2 is 1.89 bits per heavy atom. The van der Waals surface area contributed by atoms with Gasteiger partial charge in [-0.25, -0.2) is 9.88 Å². The van der Waals surface area contributed by atoms with Crippen molar-refractivity contribution in [3.05, 3.63) is 60.2 Å². The summed E-state index contributed by atoms with van der Waals surface area (Å²) in [4.78, 5) is 19.2. The van der Waals surface area contributed by atoms with Gasteiger partial charge in [0.2, 0.25) is 0 Å². The van der Waals surface area contributed by atoms with Crippen molar-refractivity contribution in [2.75, 3.05) is 11.2 Å². The molecule has 1 aromatic heterocycles. The molecule has 0 radical (unpaired) electrons. The fourth-order valence-electron chi connectivity index (χ4n) is 3.42. The lowest BCUT2D eigenvalue weighted by atomic mass is 10.0. The smallest absolute Gasteiger partial charge is 0.266 e. The number of fused-ring (bicyclic) bond motifs is 3. The van der Waals surface area contributed by atoms with E-state index in [-0.39, 0.29) is 11.8 Å². The second-order valence-corrected chi connectivity index (χ2v) is 6.92. The molecular weight excluding hydrogens is 360 g/mol. The standard InChI is InChI=1S/C20H18N4O2S/c1-3-16-23(19(26)13-9-5-4-6-10-13)15-12-8-7-11-14(15)17-18(25)21-20(27-2)22-24(16)17/h4-12,16H,3H2,1-2H3. The molecule has 3 aromatic rings. The fourth-order valence-corrected chi connectivity index (χ4v) is 3.76. The predicted octanol–water partition coefficient (Wildman–Crippen LogP) is 2.80. The first kappa shape index (κ1) is 17.5. The summed E-state index contributed by atoms with van der Waals surface area (Å²) in [5.41, 5.74) is 2.39. The molecule has 1 aliphatic heterocycles. The van der Waals surface area contributed by atoms with Crippen molar-refractivity contribution in [3.8, 4) is 17.1 Å².